The van der Waals surface area contributed by atoms with Crippen LogP contribution in [0.4, 0.5) is 0 Å². The van der Waals surface area contributed by atoms with E-state index in [-0.39, 0.29) is 17.6 Å². The first-order valence-corrected chi connectivity index (χ1v) is 9.39. The predicted octanol–water partition coefficient (Wildman–Crippen LogP) is 4.03. The van der Waals surface area contributed by atoms with Gasteiger partial charge in [0.15, 0.2) is 5.78 Å². The summed E-state index contributed by atoms with van der Waals surface area (Å²) in [6.45, 7) is 1.24. The number of methoxy groups -OCH3 is 1. The number of rotatable bonds is 4. The van der Waals surface area contributed by atoms with E-state index in [9.17, 15) is 9.59 Å². The number of ether oxygens (including phenoxy) is 1. The third-order valence-electron chi connectivity index (χ3n) is 4.62. The Morgan fingerprint density at radius 3 is 2.08 bits per heavy atom. The van der Waals surface area contributed by atoms with E-state index in [4.69, 9.17) is 4.74 Å². The maximum atomic E-state index is 12.6. The van der Waals surface area contributed by atoms with Gasteiger partial charge in [0.05, 0.1) is 7.11 Å². The number of carbonyl (C=O) groups is 2. The second-order valence-electron chi connectivity index (χ2n) is 6.17. The summed E-state index contributed by atoms with van der Waals surface area (Å²) >= 11 is 2.22. The van der Waals surface area contributed by atoms with E-state index in [2.05, 4.69) is 22.6 Å². The molecule has 5 heteroatoms. The van der Waals surface area contributed by atoms with Crippen molar-refractivity contribution in [3.05, 3.63) is 63.2 Å². The summed E-state index contributed by atoms with van der Waals surface area (Å²) in [7, 11) is 1.61. The number of amides is 1. The Labute approximate surface area is 161 Å². The van der Waals surface area contributed by atoms with Crippen LogP contribution in [-0.4, -0.2) is 36.8 Å². The zero-order valence-electron chi connectivity index (χ0n) is 14.1. The lowest BCUT2D eigenvalue weighted by Gasteiger charge is -2.31. The summed E-state index contributed by atoms with van der Waals surface area (Å²) in [4.78, 5) is 27.0. The van der Waals surface area contributed by atoms with Gasteiger partial charge in [0.2, 0.25) is 0 Å². The fraction of sp³-hybridized carbons (Fsp3) is 0.300. The average Bonchev–Trinajstić information content (AvgIpc) is 2.67. The molecule has 1 fully saturated rings. The SMILES string of the molecule is COc1ccc(C(=O)C2CCN(C(=O)c3ccc(I)cc3)CC2)cc1. The van der Waals surface area contributed by atoms with Gasteiger partial charge in [0.1, 0.15) is 5.75 Å². The minimum atomic E-state index is -0.0193. The van der Waals surface area contributed by atoms with Crippen molar-refractivity contribution in [3.8, 4) is 5.75 Å². The topological polar surface area (TPSA) is 46.6 Å². The Balaban J connectivity index is 1.60. The van der Waals surface area contributed by atoms with Gasteiger partial charge in [-0.05, 0) is 84.0 Å². The number of benzene rings is 2. The Morgan fingerprint density at radius 1 is 0.960 bits per heavy atom. The van der Waals surface area contributed by atoms with Gasteiger partial charge in [-0.15, -0.1) is 0 Å². The molecule has 0 atom stereocenters. The summed E-state index contributed by atoms with van der Waals surface area (Å²) in [5.74, 6) is 0.930. The molecule has 4 nitrogen and oxygen atoms in total. The van der Waals surface area contributed by atoms with Crippen molar-refractivity contribution >= 4 is 34.3 Å². The second-order valence-corrected chi connectivity index (χ2v) is 7.41. The van der Waals surface area contributed by atoms with E-state index in [1.807, 2.05) is 53.4 Å². The van der Waals surface area contributed by atoms with Crippen molar-refractivity contribution in [2.24, 2.45) is 5.92 Å². The van der Waals surface area contributed by atoms with E-state index in [1.54, 1.807) is 7.11 Å². The van der Waals surface area contributed by atoms with Gasteiger partial charge in [0, 0.05) is 33.7 Å². The molecule has 3 rings (SSSR count). The van der Waals surface area contributed by atoms with Gasteiger partial charge in [-0.3, -0.25) is 9.59 Å². The summed E-state index contributed by atoms with van der Waals surface area (Å²) in [5, 5.41) is 0. The van der Waals surface area contributed by atoms with Crippen molar-refractivity contribution in [2.45, 2.75) is 12.8 Å². The van der Waals surface area contributed by atoms with Crippen molar-refractivity contribution in [2.75, 3.05) is 20.2 Å². The number of Topliss-reactive ketones (excluding diaryl/α,β-unsaturated/α-hetero) is 1. The molecule has 1 aliphatic rings. The fourth-order valence-electron chi connectivity index (χ4n) is 3.11. The summed E-state index contributed by atoms with van der Waals surface area (Å²) in [5.41, 5.74) is 1.42. The first-order valence-electron chi connectivity index (χ1n) is 8.31. The first-order chi connectivity index (χ1) is 12.1. The molecule has 25 heavy (non-hydrogen) atoms. The lowest BCUT2D eigenvalue weighted by molar-refractivity contribution is 0.0650. The Kier molecular flexibility index (Phi) is 5.73. The van der Waals surface area contributed by atoms with Gasteiger partial charge < -0.3 is 9.64 Å². The van der Waals surface area contributed by atoms with Crippen LogP contribution in [0.5, 0.6) is 5.75 Å². The van der Waals surface area contributed by atoms with E-state index < -0.39 is 0 Å². The van der Waals surface area contributed by atoms with Crippen molar-refractivity contribution in [1.29, 1.82) is 0 Å². The number of carbonyl (C=O) groups excluding carboxylic acids is 2. The smallest absolute Gasteiger partial charge is 0.253 e. The third-order valence-corrected chi connectivity index (χ3v) is 5.34. The number of halogens is 1. The standard InChI is InChI=1S/C20H20INO3/c1-25-18-8-4-14(5-9-18)19(23)15-10-12-22(13-11-15)20(24)16-2-6-17(21)7-3-16/h2-9,15H,10-13H2,1H3. The highest BCUT2D eigenvalue weighted by Gasteiger charge is 2.28. The fourth-order valence-corrected chi connectivity index (χ4v) is 3.47. The van der Waals surface area contributed by atoms with Crippen LogP contribution in [-0.2, 0) is 0 Å². The zero-order chi connectivity index (χ0) is 17.8. The van der Waals surface area contributed by atoms with E-state index in [0.29, 0.717) is 37.1 Å². The van der Waals surface area contributed by atoms with Crippen LogP contribution >= 0.6 is 22.6 Å². The molecule has 1 aliphatic heterocycles. The minimum absolute atomic E-state index is 0.0193. The van der Waals surface area contributed by atoms with Crippen molar-refractivity contribution < 1.29 is 14.3 Å². The molecule has 0 aliphatic carbocycles. The molecule has 2 aromatic rings. The molecule has 1 saturated heterocycles. The zero-order valence-corrected chi connectivity index (χ0v) is 16.2. The number of hydrogen-bond acceptors (Lipinski definition) is 3. The number of hydrogen-bond donors (Lipinski definition) is 0. The molecule has 0 aromatic heterocycles. The first kappa shape index (κ1) is 17.9. The summed E-state index contributed by atoms with van der Waals surface area (Å²) in [6.07, 6.45) is 1.42. The van der Waals surface area contributed by atoms with Gasteiger partial charge in [-0.25, -0.2) is 0 Å². The lowest BCUT2D eigenvalue weighted by Crippen LogP contribution is -2.40. The molecule has 0 spiro atoms. The Bertz CT molecular complexity index is 748. The van der Waals surface area contributed by atoms with Gasteiger partial charge >= 0.3 is 0 Å². The normalized spacial score (nSPS) is 15.0. The van der Waals surface area contributed by atoms with Crippen LogP contribution in [0.1, 0.15) is 33.6 Å². The molecular weight excluding hydrogens is 429 g/mol. The second kappa shape index (κ2) is 7.99. The summed E-state index contributed by atoms with van der Waals surface area (Å²) < 4.78 is 6.24. The molecule has 0 N–H and O–H groups in total. The van der Waals surface area contributed by atoms with Crippen molar-refractivity contribution in [1.82, 2.24) is 4.90 Å². The van der Waals surface area contributed by atoms with Gasteiger partial charge in [-0.1, -0.05) is 0 Å². The monoisotopic (exact) mass is 449 g/mol. The molecule has 130 valence electrons. The largest absolute Gasteiger partial charge is 0.497 e. The van der Waals surface area contributed by atoms with E-state index >= 15 is 0 Å². The number of piperidine rings is 1. The third kappa shape index (κ3) is 4.21. The lowest BCUT2D eigenvalue weighted by atomic mass is 9.88. The van der Waals surface area contributed by atoms with Crippen LogP contribution in [0.3, 0.4) is 0 Å². The molecule has 0 saturated carbocycles. The highest BCUT2D eigenvalue weighted by Crippen LogP contribution is 2.24. The van der Waals surface area contributed by atoms with E-state index in [0.717, 1.165) is 9.32 Å². The van der Waals surface area contributed by atoms with Crippen LogP contribution in [0.15, 0.2) is 48.5 Å². The Hall–Kier alpha value is -1.89. The molecule has 1 amide bonds. The minimum Gasteiger partial charge on any atom is -0.497 e. The van der Waals surface area contributed by atoms with Crippen molar-refractivity contribution in [3.63, 3.8) is 0 Å². The predicted molar refractivity (Wildman–Crippen MR) is 105 cm³/mol. The number of ketones is 1. The van der Waals surface area contributed by atoms with Gasteiger partial charge in [0.25, 0.3) is 5.91 Å². The molecule has 2 aromatic carbocycles. The molecule has 0 unspecified atom stereocenters. The van der Waals surface area contributed by atoms with Crippen LogP contribution in [0.2, 0.25) is 0 Å². The maximum Gasteiger partial charge on any atom is 0.253 e. The molecule has 0 bridgehead atoms. The number of nitrogens with zero attached hydrogens (tertiary/aromatic N) is 1. The highest BCUT2D eigenvalue weighted by molar-refractivity contribution is 14.1. The maximum absolute atomic E-state index is 12.6. The molecule has 1 heterocycles. The Morgan fingerprint density at radius 2 is 1.52 bits per heavy atom. The van der Waals surface area contributed by atoms with Crippen LogP contribution in [0, 0.1) is 9.49 Å². The van der Waals surface area contributed by atoms with Crippen LogP contribution in [0.25, 0.3) is 0 Å². The van der Waals surface area contributed by atoms with E-state index in [1.165, 1.54) is 0 Å². The molecule has 0 radical (unpaired) electrons. The number of likely N-dealkylation sites (tertiary alicyclic amines) is 1. The molecular formula is C20H20INO3. The summed E-state index contributed by atoms with van der Waals surface area (Å²) in [6, 6.07) is 14.8. The highest BCUT2D eigenvalue weighted by atomic mass is 127. The van der Waals surface area contributed by atoms with Crippen LogP contribution < -0.4 is 4.74 Å². The van der Waals surface area contributed by atoms with Gasteiger partial charge in [-0.2, -0.15) is 0 Å². The average molecular weight is 449 g/mol. The quantitative estimate of drug-likeness (QED) is 0.523.